The second kappa shape index (κ2) is 7.61. The van der Waals surface area contributed by atoms with Crippen molar-refractivity contribution in [3.8, 4) is 5.75 Å². The maximum absolute atomic E-state index is 12.1. The van der Waals surface area contributed by atoms with E-state index in [2.05, 4.69) is 5.32 Å². The van der Waals surface area contributed by atoms with E-state index in [-0.39, 0.29) is 5.92 Å². The lowest BCUT2D eigenvalue weighted by molar-refractivity contribution is -0.132. The first-order valence-corrected chi connectivity index (χ1v) is 6.48. The van der Waals surface area contributed by atoms with Gasteiger partial charge in [-0.05, 0) is 29.7 Å². The van der Waals surface area contributed by atoms with Gasteiger partial charge in [-0.3, -0.25) is 14.8 Å². The first-order valence-electron chi connectivity index (χ1n) is 6.48. The molecule has 1 atom stereocenters. The lowest BCUT2D eigenvalue weighted by Crippen LogP contribution is -2.48. The number of hydroxylamine groups is 1. The summed E-state index contributed by atoms with van der Waals surface area (Å²) in [4.78, 5) is 23.3. The van der Waals surface area contributed by atoms with Crippen LogP contribution in [0.25, 0.3) is 0 Å². The van der Waals surface area contributed by atoms with E-state index in [9.17, 15) is 9.59 Å². The average Bonchev–Trinajstić information content (AvgIpc) is 2.50. The molecule has 0 heterocycles. The molecule has 1 unspecified atom stereocenters. The van der Waals surface area contributed by atoms with Crippen molar-refractivity contribution in [1.29, 1.82) is 0 Å². The molecular formula is C14H20N2O5. The molecule has 116 valence electrons. The van der Waals surface area contributed by atoms with Gasteiger partial charge in [0, 0.05) is 5.56 Å². The molecule has 0 spiro atoms. The van der Waals surface area contributed by atoms with Crippen molar-refractivity contribution in [3.05, 3.63) is 29.3 Å². The summed E-state index contributed by atoms with van der Waals surface area (Å²) in [7, 11) is 1.55. The molecule has 7 heteroatoms. The van der Waals surface area contributed by atoms with E-state index in [1.165, 1.54) is 5.48 Å². The van der Waals surface area contributed by atoms with Crippen molar-refractivity contribution in [1.82, 2.24) is 10.8 Å². The topological polar surface area (TPSA) is 108 Å². The van der Waals surface area contributed by atoms with Crippen LogP contribution in [-0.2, 0) is 4.79 Å². The Kier molecular flexibility index (Phi) is 6.13. The number of ether oxygens (including phenoxy) is 1. The molecule has 1 rings (SSSR count). The van der Waals surface area contributed by atoms with E-state index < -0.39 is 24.5 Å². The summed E-state index contributed by atoms with van der Waals surface area (Å²) in [6, 6.07) is 3.69. The van der Waals surface area contributed by atoms with Gasteiger partial charge < -0.3 is 15.2 Å². The van der Waals surface area contributed by atoms with E-state index in [4.69, 9.17) is 15.1 Å². The number of hydrogen-bond donors (Lipinski definition) is 4. The molecule has 21 heavy (non-hydrogen) atoms. The van der Waals surface area contributed by atoms with Crippen LogP contribution in [0.15, 0.2) is 18.2 Å². The Balaban J connectivity index is 2.97. The molecule has 0 aliphatic heterocycles. The molecular weight excluding hydrogens is 276 g/mol. The quantitative estimate of drug-likeness (QED) is 0.449. The Morgan fingerprint density at radius 1 is 1.33 bits per heavy atom. The van der Waals surface area contributed by atoms with Gasteiger partial charge in [0.2, 0.25) is 0 Å². The molecule has 0 aliphatic rings. The highest BCUT2D eigenvalue weighted by molar-refractivity contribution is 5.97. The van der Waals surface area contributed by atoms with Crippen molar-refractivity contribution >= 4 is 11.8 Å². The number of nitrogens with one attached hydrogen (secondary N) is 2. The van der Waals surface area contributed by atoms with Gasteiger partial charge in [-0.1, -0.05) is 13.8 Å². The fraction of sp³-hybridized carbons (Fsp3) is 0.429. The molecule has 0 saturated carbocycles. The number of rotatable bonds is 6. The third-order valence-electron chi connectivity index (χ3n) is 3.03. The molecule has 1 aromatic rings. The van der Waals surface area contributed by atoms with Crippen LogP contribution in [0.2, 0.25) is 0 Å². The minimum Gasteiger partial charge on any atom is -0.496 e. The first kappa shape index (κ1) is 16.9. The molecule has 4 N–H and O–H groups in total. The van der Waals surface area contributed by atoms with Gasteiger partial charge in [0.25, 0.3) is 11.8 Å². The predicted molar refractivity (Wildman–Crippen MR) is 75.4 cm³/mol. The molecule has 0 saturated heterocycles. The number of aliphatic hydroxyl groups excluding tert-OH is 1. The van der Waals surface area contributed by atoms with Crippen molar-refractivity contribution in [2.45, 2.75) is 25.8 Å². The molecule has 0 fully saturated rings. The summed E-state index contributed by atoms with van der Waals surface area (Å²) in [5.41, 5.74) is 2.58. The zero-order valence-electron chi connectivity index (χ0n) is 12.2. The molecule has 0 bridgehead atoms. The number of hydrogen-bond acceptors (Lipinski definition) is 5. The largest absolute Gasteiger partial charge is 0.496 e. The monoisotopic (exact) mass is 296 g/mol. The first-order chi connectivity index (χ1) is 9.94. The number of carbonyl (C=O) groups excluding carboxylic acids is 2. The summed E-state index contributed by atoms with van der Waals surface area (Å²) in [5, 5.41) is 19.9. The number of methoxy groups -OCH3 is 1. The maximum Gasteiger partial charge on any atom is 0.268 e. The SMILES string of the molecule is COc1ccc(C(=O)NC(CO)C(=O)NO)cc1C(C)C. The summed E-state index contributed by atoms with van der Waals surface area (Å²) >= 11 is 0. The van der Waals surface area contributed by atoms with Crippen molar-refractivity contribution in [2.75, 3.05) is 13.7 Å². The summed E-state index contributed by atoms with van der Waals surface area (Å²) in [6.45, 7) is 3.32. The van der Waals surface area contributed by atoms with E-state index >= 15 is 0 Å². The number of aliphatic hydroxyl groups is 1. The summed E-state index contributed by atoms with van der Waals surface area (Å²) < 4.78 is 5.23. The second-order valence-electron chi connectivity index (χ2n) is 4.80. The van der Waals surface area contributed by atoms with Crippen molar-refractivity contribution in [3.63, 3.8) is 0 Å². The molecule has 0 radical (unpaired) electrons. The second-order valence-corrected chi connectivity index (χ2v) is 4.80. The molecule has 0 aliphatic carbocycles. The number of amides is 2. The Labute approximate surface area is 122 Å². The molecule has 2 amide bonds. The van der Waals surface area contributed by atoms with Gasteiger partial charge in [-0.25, -0.2) is 5.48 Å². The molecule has 0 aromatic heterocycles. The van der Waals surface area contributed by atoms with Crippen LogP contribution in [0.5, 0.6) is 5.75 Å². The van der Waals surface area contributed by atoms with Crippen LogP contribution in [-0.4, -0.2) is 41.9 Å². The Hall–Kier alpha value is -2.12. The highest BCUT2D eigenvalue weighted by Crippen LogP contribution is 2.27. The lowest BCUT2D eigenvalue weighted by atomic mass is 9.99. The van der Waals surface area contributed by atoms with Crippen LogP contribution in [0, 0.1) is 0 Å². The fourth-order valence-corrected chi connectivity index (χ4v) is 1.84. The van der Waals surface area contributed by atoms with E-state index in [1.807, 2.05) is 13.8 Å². The smallest absolute Gasteiger partial charge is 0.268 e. The number of benzene rings is 1. The summed E-state index contributed by atoms with van der Waals surface area (Å²) in [5.74, 6) is -0.582. The van der Waals surface area contributed by atoms with Crippen LogP contribution >= 0.6 is 0 Å². The zero-order valence-corrected chi connectivity index (χ0v) is 12.2. The zero-order chi connectivity index (χ0) is 16.0. The van der Waals surface area contributed by atoms with Crippen molar-refractivity contribution in [2.24, 2.45) is 0 Å². The third kappa shape index (κ3) is 4.17. The number of carbonyl (C=O) groups is 2. The van der Waals surface area contributed by atoms with Gasteiger partial charge in [0.1, 0.15) is 11.8 Å². The average molecular weight is 296 g/mol. The van der Waals surface area contributed by atoms with E-state index in [1.54, 1.807) is 25.3 Å². The van der Waals surface area contributed by atoms with Gasteiger partial charge in [-0.2, -0.15) is 0 Å². The minimum absolute atomic E-state index is 0.155. The Morgan fingerprint density at radius 2 is 2.00 bits per heavy atom. The standard InChI is InChI=1S/C14H20N2O5/c1-8(2)10-6-9(4-5-12(10)21-3)13(18)15-11(7-17)14(19)16-20/h4-6,8,11,17,20H,7H2,1-3H3,(H,15,18)(H,16,19). The Bertz CT molecular complexity index is 516. The normalized spacial score (nSPS) is 11.9. The summed E-state index contributed by atoms with van der Waals surface area (Å²) in [6.07, 6.45) is 0. The van der Waals surface area contributed by atoms with Crippen LogP contribution in [0.4, 0.5) is 0 Å². The third-order valence-corrected chi connectivity index (χ3v) is 3.03. The maximum atomic E-state index is 12.1. The van der Waals surface area contributed by atoms with E-state index in [0.29, 0.717) is 11.3 Å². The van der Waals surface area contributed by atoms with Crippen molar-refractivity contribution < 1.29 is 24.6 Å². The minimum atomic E-state index is -1.22. The Morgan fingerprint density at radius 3 is 2.48 bits per heavy atom. The predicted octanol–water partition coefficient (Wildman–Crippen LogP) is 0.415. The van der Waals surface area contributed by atoms with Crippen LogP contribution in [0.1, 0.15) is 35.7 Å². The highest BCUT2D eigenvalue weighted by atomic mass is 16.5. The van der Waals surface area contributed by atoms with E-state index in [0.717, 1.165) is 5.56 Å². The molecule has 1 aromatic carbocycles. The highest BCUT2D eigenvalue weighted by Gasteiger charge is 2.21. The van der Waals surface area contributed by atoms with Crippen LogP contribution in [0.3, 0.4) is 0 Å². The van der Waals surface area contributed by atoms with Crippen LogP contribution < -0.4 is 15.5 Å². The van der Waals surface area contributed by atoms with Gasteiger partial charge in [0.05, 0.1) is 13.7 Å². The molecule has 7 nitrogen and oxygen atoms in total. The fourth-order valence-electron chi connectivity index (χ4n) is 1.84. The lowest BCUT2D eigenvalue weighted by Gasteiger charge is -2.16. The van der Waals surface area contributed by atoms with Gasteiger partial charge in [0.15, 0.2) is 0 Å². The van der Waals surface area contributed by atoms with Gasteiger partial charge in [-0.15, -0.1) is 0 Å². The van der Waals surface area contributed by atoms with Gasteiger partial charge >= 0.3 is 0 Å².